The number of thiazole rings is 1. The molecule has 0 aliphatic carbocycles. The van der Waals surface area contributed by atoms with Crippen LogP contribution in [-0.4, -0.2) is 48.6 Å². The predicted molar refractivity (Wildman–Crippen MR) is 112 cm³/mol. The van der Waals surface area contributed by atoms with Crippen molar-refractivity contribution in [1.82, 2.24) is 20.5 Å². The second-order valence-electron chi connectivity index (χ2n) is 6.50. The van der Waals surface area contributed by atoms with E-state index in [2.05, 4.69) is 51.5 Å². The number of nitrogens with one attached hydrogen (secondary N) is 2. The highest BCUT2D eigenvalue weighted by Crippen LogP contribution is 2.29. The van der Waals surface area contributed by atoms with Crippen molar-refractivity contribution in [1.29, 1.82) is 0 Å². The van der Waals surface area contributed by atoms with Crippen molar-refractivity contribution in [2.75, 3.05) is 26.7 Å². The Morgan fingerprint density at radius 2 is 1.86 bits per heavy atom. The fourth-order valence-electron chi connectivity index (χ4n) is 3.07. The Morgan fingerprint density at radius 3 is 2.41 bits per heavy atom. The van der Waals surface area contributed by atoms with Crippen molar-refractivity contribution in [3.05, 3.63) is 52.0 Å². The Kier molecular flexibility index (Phi) is 8.91. The van der Waals surface area contributed by atoms with Gasteiger partial charge in [-0.3, -0.25) is 9.89 Å². The summed E-state index contributed by atoms with van der Waals surface area (Å²) in [5, 5.41) is 7.74. The number of likely N-dealkylation sites (N-methyl/N-ethyl adjacent to an activating group) is 1. The number of rotatable bonds is 9. The highest BCUT2D eigenvalue weighted by Gasteiger charge is 2.33. The van der Waals surface area contributed by atoms with Gasteiger partial charge >= 0.3 is 6.18 Å². The average molecular weight is 428 g/mol. The zero-order valence-electron chi connectivity index (χ0n) is 17.0. The number of aromatic nitrogens is 1. The molecule has 2 rings (SSSR count). The molecule has 0 bridgehead atoms. The van der Waals surface area contributed by atoms with Gasteiger partial charge in [0.05, 0.1) is 6.54 Å². The van der Waals surface area contributed by atoms with E-state index in [1.165, 1.54) is 5.56 Å². The topological polar surface area (TPSA) is 52.5 Å². The number of nitrogens with zero attached hydrogens (tertiary/aromatic N) is 3. The summed E-state index contributed by atoms with van der Waals surface area (Å²) < 4.78 is 38.0. The Labute approximate surface area is 174 Å². The number of hydrogen-bond donors (Lipinski definition) is 2. The van der Waals surface area contributed by atoms with Crippen molar-refractivity contribution >= 4 is 17.3 Å². The van der Waals surface area contributed by atoms with E-state index in [1.807, 2.05) is 18.2 Å². The van der Waals surface area contributed by atoms with Gasteiger partial charge in [-0.15, -0.1) is 11.3 Å². The molecule has 1 unspecified atom stereocenters. The molecule has 1 heterocycles. The van der Waals surface area contributed by atoms with Gasteiger partial charge in [0.15, 0.2) is 11.7 Å². The number of hydrogen-bond acceptors (Lipinski definition) is 4. The van der Waals surface area contributed by atoms with Crippen LogP contribution < -0.4 is 10.6 Å². The van der Waals surface area contributed by atoms with Crippen LogP contribution in [0.4, 0.5) is 13.2 Å². The first kappa shape index (κ1) is 23.2. The number of benzene rings is 1. The summed E-state index contributed by atoms with van der Waals surface area (Å²) in [6.07, 6.45) is -3.52. The molecule has 160 valence electrons. The number of alkyl halides is 3. The van der Waals surface area contributed by atoms with Gasteiger partial charge in [0.2, 0.25) is 0 Å². The van der Waals surface area contributed by atoms with E-state index < -0.39 is 11.9 Å². The van der Waals surface area contributed by atoms with E-state index in [-0.39, 0.29) is 12.6 Å². The average Bonchev–Trinajstić information content (AvgIpc) is 3.19. The molecule has 2 N–H and O–H groups in total. The number of aliphatic imine (C=N–C) groups is 1. The van der Waals surface area contributed by atoms with Crippen LogP contribution in [0.15, 0.2) is 40.7 Å². The lowest BCUT2D eigenvalue weighted by Crippen LogP contribution is -2.48. The number of halogens is 3. The monoisotopic (exact) mass is 427 g/mol. The van der Waals surface area contributed by atoms with Gasteiger partial charge in [0.1, 0.15) is 5.01 Å². The molecule has 1 atom stereocenters. The minimum Gasteiger partial charge on any atom is -0.355 e. The van der Waals surface area contributed by atoms with Crippen molar-refractivity contribution in [2.45, 2.75) is 39.0 Å². The lowest BCUT2D eigenvalue weighted by Gasteiger charge is -2.30. The first-order chi connectivity index (χ1) is 13.9. The van der Waals surface area contributed by atoms with E-state index >= 15 is 0 Å². The molecule has 1 aromatic carbocycles. The maximum Gasteiger partial charge on any atom is 0.434 e. The number of guanidine groups is 1. The zero-order valence-corrected chi connectivity index (χ0v) is 17.8. The summed E-state index contributed by atoms with van der Waals surface area (Å²) in [6.45, 7) is 6.99. The Bertz CT molecular complexity index is 757. The molecule has 0 aliphatic heterocycles. The summed E-state index contributed by atoms with van der Waals surface area (Å²) in [5.74, 6) is 0.541. The third-order valence-electron chi connectivity index (χ3n) is 4.62. The molecular formula is C20H28F3N5S. The van der Waals surface area contributed by atoms with Crippen molar-refractivity contribution < 1.29 is 13.2 Å². The summed E-state index contributed by atoms with van der Waals surface area (Å²) in [6, 6.07) is 10.6. The Balaban J connectivity index is 1.94. The van der Waals surface area contributed by atoms with Crippen molar-refractivity contribution in [3.63, 3.8) is 0 Å². The first-order valence-corrected chi connectivity index (χ1v) is 10.5. The molecule has 0 saturated carbocycles. The molecule has 0 fully saturated rings. The van der Waals surface area contributed by atoms with Crippen LogP contribution >= 0.6 is 11.3 Å². The van der Waals surface area contributed by atoms with E-state index in [9.17, 15) is 13.2 Å². The van der Waals surface area contributed by atoms with Crippen molar-refractivity contribution in [2.24, 2.45) is 4.99 Å². The molecule has 0 amide bonds. The molecule has 0 saturated heterocycles. The van der Waals surface area contributed by atoms with Gasteiger partial charge < -0.3 is 10.6 Å². The second kappa shape index (κ2) is 11.2. The SMILES string of the molecule is CCN(CC)C(CNC(=NC)NCc1nc(C(F)(F)F)cs1)Cc1ccccc1. The van der Waals surface area contributed by atoms with E-state index in [1.54, 1.807) is 7.05 Å². The van der Waals surface area contributed by atoms with Crippen LogP contribution in [0.3, 0.4) is 0 Å². The quantitative estimate of drug-likeness (QED) is 0.472. The molecule has 1 aromatic heterocycles. The minimum atomic E-state index is -4.41. The van der Waals surface area contributed by atoms with Crippen molar-refractivity contribution in [3.8, 4) is 0 Å². The molecule has 5 nitrogen and oxygen atoms in total. The highest BCUT2D eigenvalue weighted by atomic mass is 32.1. The van der Waals surface area contributed by atoms with Crippen LogP contribution in [0, 0.1) is 0 Å². The fraction of sp³-hybridized carbons (Fsp3) is 0.500. The molecule has 0 spiro atoms. The third kappa shape index (κ3) is 7.32. The zero-order chi connectivity index (χ0) is 21.3. The van der Waals surface area contributed by atoms with Crippen LogP contribution in [0.5, 0.6) is 0 Å². The van der Waals surface area contributed by atoms with E-state index in [0.29, 0.717) is 17.5 Å². The summed E-state index contributed by atoms with van der Waals surface area (Å²) in [4.78, 5) is 10.2. The summed E-state index contributed by atoms with van der Waals surface area (Å²) in [5.41, 5.74) is 0.406. The minimum absolute atomic E-state index is 0.190. The smallest absolute Gasteiger partial charge is 0.355 e. The maximum atomic E-state index is 12.7. The highest BCUT2D eigenvalue weighted by molar-refractivity contribution is 7.09. The van der Waals surface area contributed by atoms with E-state index in [0.717, 1.165) is 36.2 Å². The van der Waals surface area contributed by atoms with Gasteiger partial charge in [-0.2, -0.15) is 13.2 Å². The molecule has 2 aromatic rings. The largest absolute Gasteiger partial charge is 0.434 e. The Morgan fingerprint density at radius 1 is 1.17 bits per heavy atom. The summed E-state index contributed by atoms with van der Waals surface area (Å²) in [7, 11) is 1.64. The molecule has 9 heteroatoms. The van der Waals surface area contributed by atoms with Gasteiger partial charge in [-0.1, -0.05) is 44.2 Å². The van der Waals surface area contributed by atoms with Crippen LogP contribution in [0.25, 0.3) is 0 Å². The first-order valence-electron chi connectivity index (χ1n) is 9.61. The molecule has 0 radical (unpaired) electrons. The van der Waals surface area contributed by atoms with Crippen LogP contribution in [0.1, 0.15) is 30.1 Å². The van der Waals surface area contributed by atoms with E-state index in [4.69, 9.17) is 0 Å². The fourth-order valence-corrected chi connectivity index (χ4v) is 3.81. The van der Waals surface area contributed by atoms with Gasteiger partial charge in [0.25, 0.3) is 0 Å². The lowest BCUT2D eigenvalue weighted by atomic mass is 10.0. The van der Waals surface area contributed by atoms with Crippen LogP contribution in [-0.2, 0) is 19.1 Å². The summed E-state index contributed by atoms with van der Waals surface area (Å²) >= 11 is 0.983. The molecule has 0 aliphatic rings. The normalized spacial score (nSPS) is 13.6. The second-order valence-corrected chi connectivity index (χ2v) is 7.44. The van der Waals surface area contributed by atoms with Gasteiger partial charge in [-0.25, -0.2) is 4.98 Å². The van der Waals surface area contributed by atoms with Crippen LogP contribution in [0.2, 0.25) is 0 Å². The third-order valence-corrected chi connectivity index (χ3v) is 5.47. The molecule has 29 heavy (non-hydrogen) atoms. The lowest BCUT2D eigenvalue weighted by molar-refractivity contribution is -0.140. The standard InChI is InChI=1S/C20H28F3N5S/c1-4-28(5-2)16(11-15-9-7-6-8-10-15)12-25-19(24-3)26-13-18-27-17(14-29-18)20(21,22)23/h6-10,14,16H,4-5,11-13H2,1-3H3,(H2,24,25,26). The predicted octanol–water partition coefficient (Wildman–Crippen LogP) is 3.78. The van der Waals surface area contributed by atoms with Gasteiger partial charge in [-0.05, 0) is 25.1 Å². The van der Waals surface area contributed by atoms with Gasteiger partial charge in [0, 0.05) is 25.0 Å². The maximum absolute atomic E-state index is 12.7. The Hall–Kier alpha value is -2.13. The molecular weight excluding hydrogens is 399 g/mol.